The Labute approximate surface area is 91.8 Å². The monoisotopic (exact) mass is 227 g/mol. The summed E-state index contributed by atoms with van der Waals surface area (Å²) in [4.78, 5) is 0.328. The van der Waals surface area contributed by atoms with Gasteiger partial charge < -0.3 is 0 Å². The molecule has 0 unspecified atom stereocenters. The quantitative estimate of drug-likeness (QED) is 0.722. The van der Waals surface area contributed by atoms with Crippen LogP contribution in [0.25, 0.3) is 0 Å². The Morgan fingerprint density at radius 1 is 1.20 bits per heavy atom. The molecule has 0 aromatic heterocycles. The normalized spacial score (nSPS) is 20.2. The lowest BCUT2D eigenvalue weighted by molar-refractivity contribution is 0.529. The molecular weight excluding hydrogens is 210 g/mol. The number of rotatable bonds is 2. The Hall–Kier alpha value is -0.870. The standard InChI is InChI=1S/C11H17NO2S/c1-11(2)8-5-6-10(7-9-11)15(13,14)12(3)4/h5-9H,1-4H3. The van der Waals surface area contributed by atoms with Crippen molar-refractivity contribution in [3.05, 3.63) is 35.3 Å². The molecule has 0 atom stereocenters. The average Bonchev–Trinajstić information content (AvgIpc) is 2.26. The van der Waals surface area contributed by atoms with Gasteiger partial charge in [-0.2, -0.15) is 0 Å². The van der Waals surface area contributed by atoms with E-state index < -0.39 is 10.0 Å². The molecule has 0 N–H and O–H groups in total. The van der Waals surface area contributed by atoms with E-state index in [1.807, 2.05) is 26.0 Å². The molecule has 1 aliphatic carbocycles. The van der Waals surface area contributed by atoms with Gasteiger partial charge in [-0.25, -0.2) is 12.7 Å². The first-order valence-electron chi connectivity index (χ1n) is 4.77. The van der Waals surface area contributed by atoms with E-state index in [0.29, 0.717) is 4.91 Å². The van der Waals surface area contributed by atoms with E-state index in [1.165, 1.54) is 18.4 Å². The van der Waals surface area contributed by atoms with Gasteiger partial charge in [0, 0.05) is 19.5 Å². The van der Waals surface area contributed by atoms with Crippen LogP contribution in [-0.4, -0.2) is 26.8 Å². The molecule has 4 heteroatoms. The average molecular weight is 227 g/mol. The minimum Gasteiger partial charge on any atom is -0.207 e. The topological polar surface area (TPSA) is 37.4 Å². The van der Waals surface area contributed by atoms with Crippen molar-refractivity contribution in [2.75, 3.05) is 14.1 Å². The van der Waals surface area contributed by atoms with Gasteiger partial charge in [-0.3, -0.25) is 0 Å². The van der Waals surface area contributed by atoms with E-state index in [-0.39, 0.29) is 5.41 Å². The fourth-order valence-electron chi connectivity index (χ4n) is 1.18. The van der Waals surface area contributed by atoms with E-state index in [4.69, 9.17) is 0 Å². The number of hydrogen-bond donors (Lipinski definition) is 0. The molecule has 0 spiro atoms. The molecule has 0 saturated heterocycles. The lowest BCUT2D eigenvalue weighted by Gasteiger charge is -2.13. The molecule has 1 rings (SSSR count). The van der Waals surface area contributed by atoms with Gasteiger partial charge in [0.2, 0.25) is 10.0 Å². The maximum atomic E-state index is 11.8. The van der Waals surface area contributed by atoms with Gasteiger partial charge in [-0.1, -0.05) is 32.1 Å². The van der Waals surface area contributed by atoms with E-state index in [9.17, 15) is 8.42 Å². The van der Waals surface area contributed by atoms with Crippen LogP contribution < -0.4 is 0 Å². The largest absolute Gasteiger partial charge is 0.242 e. The van der Waals surface area contributed by atoms with E-state index in [2.05, 4.69) is 0 Å². The zero-order valence-corrected chi connectivity index (χ0v) is 10.4. The molecule has 0 saturated carbocycles. The van der Waals surface area contributed by atoms with Crippen LogP contribution in [0.15, 0.2) is 35.3 Å². The van der Waals surface area contributed by atoms with Crippen LogP contribution in [0.2, 0.25) is 0 Å². The Bertz CT molecular complexity index is 426. The lowest BCUT2D eigenvalue weighted by atomic mass is 9.93. The summed E-state index contributed by atoms with van der Waals surface area (Å²) in [5, 5.41) is 0. The molecular formula is C11H17NO2S. The zero-order chi connectivity index (χ0) is 11.7. The summed E-state index contributed by atoms with van der Waals surface area (Å²) in [5.41, 5.74) is -0.0971. The maximum absolute atomic E-state index is 11.8. The maximum Gasteiger partial charge on any atom is 0.242 e. The molecule has 0 radical (unpaired) electrons. The Morgan fingerprint density at radius 3 is 2.33 bits per heavy atom. The first kappa shape index (κ1) is 12.2. The summed E-state index contributed by atoms with van der Waals surface area (Å²) in [6, 6.07) is 0. The van der Waals surface area contributed by atoms with Crippen molar-refractivity contribution in [3.8, 4) is 0 Å². The van der Waals surface area contributed by atoms with Gasteiger partial charge in [0.05, 0.1) is 4.91 Å². The van der Waals surface area contributed by atoms with Gasteiger partial charge in [-0.15, -0.1) is 0 Å². The molecule has 84 valence electrons. The molecule has 0 amide bonds. The number of hydrogen-bond acceptors (Lipinski definition) is 2. The van der Waals surface area contributed by atoms with Crippen LogP contribution in [0, 0.1) is 5.41 Å². The van der Waals surface area contributed by atoms with Crippen molar-refractivity contribution in [2.24, 2.45) is 5.41 Å². The minimum absolute atomic E-state index is 0.0971. The third-order valence-electron chi connectivity index (χ3n) is 2.24. The predicted octanol–water partition coefficient (Wildman–Crippen LogP) is 1.91. The van der Waals surface area contributed by atoms with E-state index in [0.717, 1.165) is 0 Å². The van der Waals surface area contributed by atoms with E-state index in [1.54, 1.807) is 18.2 Å². The molecule has 1 aliphatic rings. The molecule has 0 aromatic rings. The van der Waals surface area contributed by atoms with Crippen LogP contribution in [-0.2, 0) is 10.0 Å². The molecule has 0 fully saturated rings. The fourth-order valence-corrected chi connectivity index (χ4v) is 2.09. The number of sulfonamides is 1. The Morgan fingerprint density at radius 2 is 1.80 bits per heavy atom. The van der Waals surface area contributed by atoms with Crippen molar-refractivity contribution in [3.63, 3.8) is 0 Å². The predicted molar refractivity (Wildman–Crippen MR) is 62.8 cm³/mol. The second-order valence-corrected chi connectivity index (χ2v) is 6.52. The SMILES string of the molecule is CN(C)S(=O)(=O)C1=CC=CC(C)(C)C=C1. The number of nitrogens with zero attached hydrogens (tertiary/aromatic N) is 1. The van der Waals surface area contributed by atoms with E-state index >= 15 is 0 Å². The Kier molecular flexibility index (Phi) is 3.21. The summed E-state index contributed by atoms with van der Waals surface area (Å²) >= 11 is 0. The summed E-state index contributed by atoms with van der Waals surface area (Å²) in [5.74, 6) is 0. The van der Waals surface area contributed by atoms with Crippen LogP contribution >= 0.6 is 0 Å². The lowest BCUT2D eigenvalue weighted by Crippen LogP contribution is -2.23. The molecule has 0 aromatic carbocycles. The molecule has 0 aliphatic heterocycles. The number of allylic oxidation sites excluding steroid dienone is 5. The van der Waals surface area contributed by atoms with Crippen molar-refractivity contribution in [1.29, 1.82) is 0 Å². The van der Waals surface area contributed by atoms with Gasteiger partial charge >= 0.3 is 0 Å². The smallest absolute Gasteiger partial charge is 0.207 e. The summed E-state index contributed by atoms with van der Waals surface area (Å²) < 4.78 is 24.9. The van der Waals surface area contributed by atoms with Gasteiger partial charge in [0.1, 0.15) is 0 Å². The highest BCUT2D eigenvalue weighted by molar-refractivity contribution is 7.93. The first-order chi connectivity index (χ1) is 6.76. The van der Waals surface area contributed by atoms with Crippen molar-refractivity contribution < 1.29 is 8.42 Å². The minimum atomic E-state index is -3.32. The second kappa shape index (κ2) is 3.94. The van der Waals surface area contributed by atoms with Crippen molar-refractivity contribution in [1.82, 2.24) is 4.31 Å². The van der Waals surface area contributed by atoms with Crippen LogP contribution in [0.5, 0.6) is 0 Å². The van der Waals surface area contributed by atoms with Gasteiger partial charge in [-0.05, 0) is 12.2 Å². The van der Waals surface area contributed by atoms with Gasteiger partial charge in [0.25, 0.3) is 0 Å². The zero-order valence-electron chi connectivity index (χ0n) is 9.56. The third kappa shape index (κ3) is 2.79. The van der Waals surface area contributed by atoms with Crippen LogP contribution in [0.4, 0.5) is 0 Å². The third-order valence-corrected chi connectivity index (χ3v) is 4.07. The van der Waals surface area contributed by atoms with Crippen molar-refractivity contribution in [2.45, 2.75) is 13.8 Å². The molecule has 15 heavy (non-hydrogen) atoms. The van der Waals surface area contributed by atoms with Gasteiger partial charge in [0.15, 0.2) is 0 Å². The van der Waals surface area contributed by atoms with Crippen LogP contribution in [0.3, 0.4) is 0 Å². The first-order valence-corrected chi connectivity index (χ1v) is 6.21. The molecule has 0 bridgehead atoms. The highest BCUT2D eigenvalue weighted by Crippen LogP contribution is 2.24. The highest BCUT2D eigenvalue weighted by Gasteiger charge is 2.20. The molecule has 0 heterocycles. The highest BCUT2D eigenvalue weighted by atomic mass is 32.2. The molecule has 3 nitrogen and oxygen atoms in total. The Balaban J connectivity index is 3.13. The summed E-state index contributed by atoms with van der Waals surface area (Å²) in [6.45, 7) is 4.05. The summed E-state index contributed by atoms with van der Waals surface area (Å²) in [6.07, 6.45) is 8.94. The van der Waals surface area contributed by atoms with Crippen molar-refractivity contribution >= 4 is 10.0 Å². The summed E-state index contributed by atoms with van der Waals surface area (Å²) in [7, 11) is -0.254. The second-order valence-electron chi connectivity index (χ2n) is 4.37. The fraction of sp³-hybridized carbons (Fsp3) is 0.455. The van der Waals surface area contributed by atoms with Crippen LogP contribution in [0.1, 0.15) is 13.8 Å².